The number of nitrogens with one attached hydrogen (secondary N) is 1. The summed E-state index contributed by atoms with van der Waals surface area (Å²) < 4.78 is 18.3. The molecule has 1 aliphatic heterocycles. The summed E-state index contributed by atoms with van der Waals surface area (Å²) in [7, 11) is 0. The number of ether oxygens (including phenoxy) is 3. The van der Waals surface area contributed by atoms with Gasteiger partial charge in [0.2, 0.25) is 5.91 Å². The molecule has 234 valence electrons. The van der Waals surface area contributed by atoms with Crippen molar-refractivity contribution in [1.29, 1.82) is 0 Å². The molecule has 1 heterocycles. The van der Waals surface area contributed by atoms with E-state index in [-0.39, 0.29) is 42.5 Å². The molecule has 0 bridgehead atoms. The average Bonchev–Trinajstić information content (AvgIpc) is 2.93. The quantitative estimate of drug-likeness (QED) is 0.171. The van der Waals surface area contributed by atoms with E-state index in [1.807, 2.05) is 20.8 Å². The lowest BCUT2D eigenvalue weighted by atomic mass is 9.65. The summed E-state index contributed by atoms with van der Waals surface area (Å²) in [5.41, 5.74) is 0.750. The van der Waals surface area contributed by atoms with Crippen LogP contribution in [0.15, 0.2) is 23.8 Å². The Morgan fingerprint density at radius 3 is 2.68 bits per heavy atom. The molecule has 2 aliphatic carbocycles. The van der Waals surface area contributed by atoms with Gasteiger partial charge in [-0.2, -0.15) is 0 Å². The van der Waals surface area contributed by atoms with Crippen LogP contribution in [0.3, 0.4) is 0 Å². The summed E-state index contributed by atoms with van der Waals surface area (Å²) in [5.74, 6) is 0.878. The van der Waals surface area contributed by atoms with Gasteiger partial charge >= 0.3 is 5.97 Å². The van der Waals surface area contributed by atoms with E-state index < -0.39 is 17.6 Å². The first-order valence-corrected chi connectivity index (χ1v) is 16.4. The average molecular weight is 576 g/mol. The number of hydrogen-bond donors (Lipinski definition) is 2. The van der Waals surface area contributed by atoms with Crippen molar-refractivity contribution in [1.82, 2.24) is 5.32 Å². The van der Waals surface area contributed by atoms with Gasteiger partial charge in [-0.3, -0.25) is 9.59 Å². The van der Waals surface area contributed by atoms with Crippen LogP contribution in [-0.4, -0.2) is 54.7 Å². The molecule has 3 aliphatic rings. The van der Waals surface area contributed by atoms with Gasteiger partial charge in [0, 0.05) is 25.5 Å². The second kappa shape index (κ2) is 16.2. The summed E-state index contributed by atoms with van der Waals surface area (Å²) in [5, 5.41) is 14.2. The van der Waals surface area contributed by atoms with Crippen molar-refractivity contribution in [3.63, 3.8) is 0 Å². The van der Waals surface area contributed by atoms with Gasteiger partial charge in [0.1, 0.15) is 6.10 Å². The Hall–Kier alpha value is -1.70. The van der Waals surface area contributed by atoms with Gasteiger partial charge in [-0.05, 0) is 88.5 Å². The van der Waals surface area contributed by atoms with Crippen LogP contribution in [0.4, 0.5) is 0 Å². The minimum absolute atomic E-state index is 0.0386. The van der Waals surface area contributed by atoms with Gasteiger partial charge in [-0.1, -0.05) is 52.3 Å². The molecule has 0 aromatic carbocycles. The van der Waals surface area contributed by atoms with Crippen LogP contribution < -0.4 is 5.32 Å². The highest BCUT2D eigenvalue weighted by Gasteiger charge is 2.43. The fourth-order valence-corrected chi connectivity index (χ4v) is 6.37. The lowest BCUT2D eigenvalue weighted by molar-refractivity contribution is -0.194. The van der Waals surface area contributed by atoms with Crippen molar-refractivity contribution in [3.8, 4) is 0 Å². The van der Waals surface area contributed by atoms with Gasteiger partial charge in [-0.25, -0.2) is 0 Å². The van der Waals surface area contributed by atoms with Gasteiger partial charge in [0.05, 0.1) is 24.0 Å². The van der Waals surface area contributed by atoms with E-state index in [4.69, 9.17) is 14.2 Å². The highest BCUT2D eigenvalue weighted by atomic mass is 16.7. The van der Waals surface area contributed by atoms with Gasteiger partial charge in [0.15, 0.2) is 6.29 Å². The number of amides is 1. The number of allylic oxidation sites excluding steroid dienone is 3. The Balaban J connectivity index is 1.66. The number of hydrogen-bond acceptors (Lipinski definition) is 6. The number of esters is 1. The van der Waals surface area contributed by atoms with Crippen molar-refractivity contribution in [3.05, 3.63) is 23.8 Å². The normalized spacial score (nSPS) is 29.7. The van der Waals surface area contributed by atoms with Crippen LogP contribution in [0.25, 0.3) is 0 Å². The third-order valence-electron chi connectivity index (χ3n) is 9.41. The lowest BCUT2D eigenvalue weighted by Crippen LogP contribution is -2.43. The first-order valence-electron chi connectivity index (χ1n) is 16.4. The Morgan fingerprint density at radius 2 is 2.00 bits per heavy atom. The largest absolute Gasteiger partial charge is 0.461 e. The second-order valence-corrected chi connectivity index (χ2v) is 13.4. The zero-order chi connectivity index (χ0) is 30.0. The van der Waals surface area contributed by atoms with Crippen LogP contribution in [0.5, 0.6) is 0 Å². The summed E-state index contributed by atoms with van der Waals surface area (Å²) in [6, 6.07) is 0. The fourth-order valence-electron chi connectivity index (χ4n) is 6.37. The highest BCUT2D eigenvalue weighted by Crippen LogP contribution is 2.45. The third-order valence-corrected chi connectivity index (χ3v) is 9.41. The number of rotatable bonds is 15. The lowest BCUT2D eigenvalue weighted by Gasteiger charge is -2.44. The van der Waals surface area contributed by atoms with E-state index in [0.29, 0.717) is 37.8 Å². The molecule has 7 nitrogen and oxygen atoms in total. The van der Waals surface area contributed by atoms with E-state index in [2.05, 4.69) is 44.3 Å². The zero-order valence-corrected chi connectivity index (χ0v) is 26.5. The summed E-state index contributed by atoms with van der Waals surface area (Å²) in [6.07, 6.45) is 13.8. The number of unbranched alkanes of at least 4 members (excludes halogenated alkanes) is 1. The van der Waals surface area contributed by atoms with Crippen LogP contribution in [0, 0.1) is 29.1 Å². The van der Waals surface area contributed by atoms with E-state index >= 15 is 0 Å². The van der Waals surface area contributed by atoms with Crippen LogP contribution in [0.2, 0.25) is 0 Å². The fraction of sp³-hybridized carbons (Fsp3) is 0.824. The van der Waals surface area contributed by atoms with Gasteiger partial charge in [-0.15, -0.1) is 0 Å². The standard InChI is InChI=1S/C34H57NO6/c1-7-9-17-35-30(37)22-27(40-31-12-10-11-18-39-31)21-26(36)15-16-28-24(4)13-14-25-19-23(3)20-29(32(25)28)41-33(38)34(5,6)8-2/h13-14,19,23-24,26-29,31-32,36H,7-12,15-18,20-22H2,1-6H3,(H,35,37). The molecule has 2 N–H and O–H groups in total. The number of aliphatic hydroxyl groups excluding tert-OH is 1. The molecule has 0 radical (unpaired) electrons. The molecule has 0 aromatic heterocycles. The predicted molar refractivity (Wildman–Crippen MR) is 162 cm³/mol. The van der Waals surface area contributed by atoms with Crippen LogP contribution in [0.1, 0.15) is 112 Å². The van der Waals surface area contributed by atoms with Crippen LogP contribution >= 0.6 is 0 Å². The van der Waals surface area contributed by atoms with Crippen molar-refractivity contribution in [2.45, 2.75) is 137 Å². The Labute approximate surface area is 248 Å². The molecule has 7 heteroatoms. The van der Waals surface area contributed by atoms with E-state index in [1.54, 1.807) is 0 Å². The Morgan fingerprint density at radius 1 is 1.22 bits per heavy atom. The number of carbonyl (C=O) groups excluding carboxylic acids is 2. The predicted octanol–water partition coefficient (Wildman–Crippen LogP) is 6.49. The second-order valence-electron chi connectivity index (χ2n) is 13.4. The van der Waals surface area contributed by atoms with Crippen molar-refractivity contribution in [2.75, 3.05) is 13.2 Å². The molecule has 3 rings (SSSR count). The SMILES string of the molecule is CCCCNC(=O)CC(CC(O)CCC1C(C)C=CC2=CC(C)CC(OC(=O)C(C)(C)CC)C21)OC1CCCCO1. The molecular formula is C34H57NO6. The molecule has 0 spiro atoms. The molecule has 0 aromatic rings. The van der Waals surface area contributed by atoms with E-state index in [9.17, 15) is 14.7 Å². The van der Waals surface area contributed by atoms with E-state index in [1.165, 1.54) is 5.57 Å². The minimum atomic E-state index is -0.597. The summed E-state index contributed by atoms with van der Waals surface area (Å²) in [4.78, 5) is 25.7. The summed E-state index contributed by atoms with van der Waals surface area (Å²) >= 11 is 0. The smallest absolute Gasteiger partial charge is 0.311 e. The Kier molecular flexibility index (Phi) is 13.4. The molecule has 1 saturated heterocycles. The molecule has 1 amide bonds. The minimum Gasteiger partial charge on any atom is -0.461 e. The van der Waals surface area contributed by atoms with Crippen LogP contribution in [-0.2, 0) is 23.8 Å². The van der Waals surface area contributed by atoms with Crippen molar-refractivity contribution < 1.29 is 28.9 Å². The molecular weight excluding hydrogens is 518 g/mol. The Bertz CT molecular complexity index is 892. The monoisotopic (exact) mass is 575 g/mol. The van der Waals surface area contributed by atoms with Gasteiger partial charge in [0.25, 0.3) is 0 Å². The molecule has 8 atom stereocenters. The number of fused-ring (bicyclic) bond motifs is 1. The number of carbonyl (C=O) groups is 2. The first-order chi connectivity index (χ1) is 19.5. The summed E-state index contributed by atoms with van der Waals surface area (Å²) in [6.45, 7) is 13.8. The van der Waals surface area contributed by atoms with E-state index in [0.717, 1.165) is 51.4 Å². The first kappa shape index (κ1) is 33.8. The molecule has 8 unspecified atom stereocenters. The maximum Gasteiger partial charge on any atom is 0.311 e. The van der Waals surface area contributed by atoms with Gasteiger partial charge < -0.3 is 24.6 Å². The zero-order valence-electron chi connectivity index (χ0n) is 26.5. The van der Waals surface area contributed by atoms with Crippen molar-refractivity contribution in [2.24, 2.45) is 29.1 Å². The molecule has 0 saturated carbocycles. The molecule has 41 heavy (non-hydrogen) atoms. The topological polar surface area (TPSA) is 94.1 Å². The molecule has 1 fully saturated rings. The third kappa shape index (κ3) is 10.2. The maximum absolute atomic E-state index is 13.1. The highest BCUT2D eigenvalue weighted by molar-refractivity contribution is 5.76. The number of aliphatic hydroxyl groups is 1. The maximum atomic E-state index is 13.1. The van der Waals surface area contributed by atoms with Crippen molar-refractivity contribution >= 4 is 11.9 Å².